The van der Waals surface area contributed by atoms with E-state index in [-0.39, 0.29) is 36.5 Å². The molecule has 0 bridgehead atoms. The molecule has 0 aromatic heterocycles. The van der Waals surface area contributed by atoms with Crippen molar-refractivity contribution in [3.8, 4) is 5.75 Å². The lowest BCUT2D eigenvalue weighted by Crippen LogP contribution is -2.33. The number of aliphatic hydroxyl groups excluding tert-OH is 1. The summed E-state index contributed by atoms with van der Waals surface area (Å²) < 4.78 is 103. The molecule has 2 amide bonds. The van der Waals surface area contributed by atoms with E-state index in [2.05, 4.69) is 10.6 Å². The fourth-order valence-electron chi connectivity index (χ4n) is 3.41. The van der Waals surface area contributed by atoms with Gasteiger partial charge in [-0.3, -0.25) is 9.69 Å². The van der Waals surface area contributed by atoms with Crippen molar-refractivity contribution in [1.82, 2.24) is 5.32 Å². The van der Waals surface area contributed by atoms with Crippen LogP contribution in [0.3, 0.4) is 0 Å². The molecule has 1 aliphatic heterocycles. The summed E-state index contributed by atoms with van der Waals surface area (Å²) >= 11 is 0. The van der Waals surface area contributed by atoms with Gasteiger partial charge in [-0.1, -0.05) is 0 Å². The van der Waals surface area contributed by atoms with Crippen molar-refractivity contribution in [2.24, 2.45) is 0 Å². The van der Waals surface area contributed by atoms with Crippen LogP contribution < -0.4 is 20.3 Å². The number of hydrogen-bond donors (Lipinski definition) is 3. The molecule has 3 N–H and O–H groups in total. The lowest BCUT2D eigenvalue weighted by atomic mass is 10.1. The first-order valence-electron chi connectivity index (χ1n) is 11.0. The lowest BCUT2D eigenvalue weighted by Gasteiger charge is -2.18. The summed E-state index contributed by atoms with van der Waals surface area (Å²) in [5.41, 5.74) is -3.44. The summed E-state index contributed by atoms with van der Waals surface area (Å²) in [6.07, 6.45) is -12.9. The summed E-state index contributed by atoms with van der Waals surface area (Å²) in [5.74, 6) is -1.55. The first-order valence-corrected chi connectivity index (χ1v) is 11.0. The normalized spacial score (nSPS) is 16.7. The third-order valence-corrected chi connectivity index (χ3v) is 5.24. The fourth-order valence-corrected chi connectivity index (χ4v) is 3.41. The van der Waals surface area contributed by atoms with Gasteiger partial charge in [-0.05, 0) is 30.3 Å². The maximum absolute atomic E-state index is 14.5. The van der Waals surface area contributed by atoms with E-state index >= 15 is 0 Å². The lowest BCUT2D eigenvalue weighted by molar-refractivity contribution is -0.143. The number of anilines is 2. The van der Waals surface area contributed by atoms with Crippen molar-refractivity contribution in [3.63, 3.8) is 0 Å². The van der Waals surface area contributed by atoms with E-state index in [1.807, 2.05) is 0 Å². The van der Waals surface area contributed by atoms with E-state index in [0.717, 1.165) is 11.0 Å². The van der Waals surface area contributed by atoms with E-state index in [0.29, 0.717) is 12.1 Å². The van der Waals surface area contributed by atoms with Crippen LogP contribution >= 0.6 is 0 Å². The zero-order chi connectivity index (χ0) is 28.3. The number of rotatable bonds is 9. The average molecular weight is 553 g/mol. The molecule has 0 radical (unpaired) electrons. The van der Waals surface area contributed by atoms with Crippen LogP contribution in [0.4, 0.5) is 46.9 Å². The third kappa shape index (κ3) is 7.63. The van der Waals surface area contributed by atoms with Crippen LogP contribution in [0.2, 0.25) is 0 Å². The Morgan fingerprint density at radius 1 is 1.13 bits per heavy atom. The highest BCUT2D eigenvalue weighted by Gasteiger charge is 2.37. The molecule has 1 aliphatic rings. The summed E-state index contributed by atoms with van der Waals surface area (Å²) in [7, 11) is 0. The summed E-state index contributed by atoms with van der Waals surface area (Å²) in [4.78, 5) is 24.2. The minimum atomic E-state index is -5.03. The van der Waals surface area contributed by atoms with Crippen LogP contribution in [0.5, 0.6) is 5.75 Å². The fraction of sp³-hybridized carbons (Fsp3) is 0.391. The van der Waals surface area contributed by atoms with Gasteiger partial charge in [-0.2, -0.15) is 26.3 Å². The molecule has 1 fully saturated rings. The Kier molecular flexibility index (Phi) is 8.59. The van der Waals surface area contributed by atoms with Crippen LogP contribution in [0.25, 0.3) is 0 Å². The van der Waals surface area contributed by atoms with Crippen molar-refractivity contribution in [3.05, 3.63) is 53.3 Å². The number of aliphatic hydroxyl groups is 1. The van der Waals surface area contributed by atoms with Crippen molar-refractivity contribution in [2.75, 3.05) is 36.5 Å². The van der Waals surface area contributed by atoms with Gasteiger partial charge in [0.1, 0.15) is 18.8 Å². The van der Waals surface area contributed by atoms with Crippen molar-refractivity contribution >= 4 is 23.4 Å². The largest absolute Gasteiger partial charge is 0.488 e. The standard InChI is InChI=1S/C23H22F7N3O5/c1-12(34)31-9-18-10-33(21(36)38-18)16-2-3-20(19(24)7-16)37-11-17(35)8-32-15-5-13(22(25,26)27)4-14(6-15)23(28,29)30/h2-7,17-18,32,35H,8-11H2,1H3,(H,31,34)/t17-,18+/m1/s1. The van der Waals surface area contributed by atoms with Gasteiger partial charge in [-0.15, -0.1) is 0 Å². The molecule has 208 valence electrons. The van der Waals surface area contributed by atoms with Crippen molar-refractivity contribution in [1.29, 1.82) is 0 Å². The molecule has 3 rings (SSSR count). The van der Waals surface area contributed by atoms with Crippen LogP contribution in [0, 0.1) is 5.82 Å². The minimum Gasteiger partial charge on any atom is -0.488 e. The Morgan fingerprint density at radius 2 is 1.76 bits per heavy atom. The van der Waals surface area contributed by atoms with Crippen LogP contribution in [0.15, 0.2) is 36.4 Å². The number of amides is 2. The number of benzene rings is 2. The van der Waals surface area contributed by atoms with Crippen LogP contribution in [0.1, 0.15) is 18.1 Å². The van der Waals surface area contributed by atoms with Gasteiger partial charge in [-0.25, -0.2) is 9.18 Å². The molecule has 15 heteroatoms. The zero-order valence-corrected chi connectivity index (χ0v) is 19.6. The molecule has 1 heterocycles. The number of alkyl halides is 6. The highest BCUT2D eigenvalue weighted by Crippen LogP contribution is 2.37. The van der Waals surface area contributed by atoms with Gasteiger partial charge < -0.3 is 25.2 Å². The molecule has 1 saturated heterocycles. The molecule has 2 aromatic rings. The molecular formula is C23H22F7N3O5. The second kappa shape index (κ2) is 11.3. The van der Waals surface area contributed by atoms with E-state index < -0.39 is 66.4 Å². The number of cyclic esters (lactones) is 1. The average Bonchev–Trinajstić information content (AvgIpc) is 3.19. The van der Waals surface area contributed by atoms with Gasteiger partial charge in [0.05, 0.1) is 29.9 Å². The summed E-state index contributed by atoms with van der Waals surface area (Å²) in [5, 5.41) is 14.8. The first kappa shape index (κ1) is 28.8. The van der Waals surface area contributed by atoms with Gasteiger partial charge in [0, 0.05) is 25.2 Å². The smallest absolute Gasteiger partial charge is 0.416 e. The van der Waals surface area contributed by atoms with Gasteiger partial charge in [0.2, 0.25) is 5.91 Å². The van der Waals surface area contributed by atoms with Crippen molar-refractivity contribution < 1.29 is 54.9 Å². The highest BCUT2D eigenvalue weighted by atomic mass is 19.4. The third-order valence-electron chi connectivity index (χ3n) is 5.24. The molecule has 2 atom stereocenters. The SMILES string of the molecule is CC(=O)NC[C@H]1CN(c2ccc(OC[C@H](O)CNc3cc(C(F)(F)F)cc(C(F)(F)F)c3)c(F)c2)C(=O)O1. The molecule has 2 aromatic carbocycles. The van der Waals surface area contributed by atoms with E-state index in [1.165, 1.54) is 19.1 Å². The number of nitrogens with one attached hydrogen (secondary N) is 2. The molecule has 8 nitrogen and oxygen atoms in total. The van der Waals surface area contributed by atoms with E-state index in [4.69, 9.17) is 9.47 Å². The van der Waals surface area contributed by atoms with Gasteiger partial charge in [0.25, 0.3) is 0 Å². The minimum absolute atomic E-state index is 0.0256. The Morgan fingerprint density at radius 3 is 2.32 bits per heavy atom. The predicted octanol–water partition coefficient (Wildman–Crippen LogP) is 4.18. The number of ether oxygens (including phenoxy) is 2. The maximum Gasteiger partial charge on any atom is 0.416 e. The quantitative estimate of drug-likeness (QED) is 0.403. The van der Waals surface area contributed by atoms with E-state index in [9.17, 15) is 45.4 Å². The molecule has 0 aliphatic carbocycles. The Labute approximate surface area is 211 Å². The summed E-state index contributed by atoms with van der Waals surface area (Å²) in [6, 6.07) is 4.39. The number of carbonyl (C=O) groups excluding carboxylic acids is 2. The van der Waals surface area contributed by atoms with Gasteiger partial charge >= 0.3 is 18.4 Å². The molecular weight excluding hydrogens is 531 g/mol. The second-order valence-corrected chi connectivity index (χ2v) is 8.31. The Hall–Kier alpha value is -3.75. The predicted molar refractivity (Wildman–Crippen MR) is 119 cm³/mol. The first-order chi connectivity index (χ1) is 17.6. The molecule has 0 unspecified atom stereocenters. The topological polar surface area (TPSA) is 100 Å². The monoisotopic (exact) mass is 553 g/mol. The molecule has 38 heavy (non-hydrogen) atoms. The Balaban J connectivity index is 1.58. The maximum atomic E-state index is 14.5. The number of hydrogen-bond acceptors (Lipinski definition) is 6. The Bertz CT molecular complexity index is 1140. The zero-order valence-electron chi connectivity index (χ0n) is 19.6. The number of carbonyl (C=O) groups is 2. The molecule has 0 saturated carbocycles. The van der Waals surface area contributed by atoms with Crippen LogP contribution in [-0.4, -0.2) is 55.6 Å². The second-order valence-electron chi connectivity index (χ2n) is 8.31. The van der Waals surface area contributed by atoms with E-state index in [1.54, 1.807) is 0 Å². The number of halogens is 7. The highest BCUT2D eigenvalue weighted by molar-refractivity contribution is 5.90. The summed E-state index contributed by atoms with van der Waals surface area (Å²) in [6.45, 7) is 0.358. The molecule has 0 spiro atoms. The number of nitrogens with zero attached hydrogens (tertiary/aromatic N) is 1. The van der Waals surface area contributed by atoms with Gasteiger partial charge in [0.15, 0.2) is 11.6 Å². The van der Waals surface area contributed by atoms with Crippen LogP contribution in [-0.2, 0) is 21.9 Å². The van der Waals surface area contributed by atoms with Crippen molar-refractivity contribution in [2.45, 2.75) is 31.5 Å².